The molecule has 0 spiro atoms. The number of allylic oxidation sites excluding steroid dienone is 4. The van der Waals surface area contributed by atoms with Crippen LogP contribution in [0.2, 0.25) is 0 Å². The summed E-state index contributed by atoms with van der Waals surface area (Å²) in [6.07, 6.45) is 6.16. The Labute approximate surface area is 112 Å². The highest BCUT2D eigenvalue weighted by molar-refractivity contribution is 8.07. The molecule has 1 aliphatic carbocycles. The highest BCUT2D eigenvalue weighted by Crippen LogP contribution is 2.50. The van der Waals surface area contributed by atoms with Gasteiger partial charge in [-0.1, -0.05) is 28.9 Å². The lowest BCUT2D eigenvalue weighted by atomic mass is 10.1. The molecule has 0 saturated carbocycles. The summed E-state index contributed by atoms with van der Waals surface area (Å²) in [5, 5.41) is 4.48. The van der Waals surface area contributed by atoms with Crippen molar-refractivity contribution >= 4 is 35.8 Å². The molecule has 0 bridgehead atoms. The Kier molecular flexibility index (Phi) is 6.38. The molecule has 0 unspecified atom stereocenters. The largest absolute Gasteiger partial charge is 0.402 e. The van der Waals surface area contributed by atoms with Crippen LogP contribution in [0, 0.1) is 0 Å². The molecule has 0 aromatic carbocycles. The van der Waals surface area contributed by atoms with Crippen molar-refractivity contribution in [1.29, 1.82) is 0 Å². The normalized spacial score (nSPS) is 18.3. The highest BCUT2D eigenvalue weighted by Gasteiger charge is 2.21. The predicted molar refractivity (Wildman–Crippen MR) is 73.8 cm³/mol. The molecule has 17 heavy (non-hydrogen) atoms. The second-order valence-corrected chi connectivity index (χ2v) is 6.37. The van der Waals surface area contributed by atoms with Crippen LogP contribution in [-0.2, 0) is 25.5 Å². The second kappa shape index (κ2) is 7.29. The zero-order valence-corrected chi connectivity index (χ0v) is 12.2. The molecule has 0 fully saturated rings. The van der Waals surface area contributed by atoms with E-state index in [0.717, 1.165) is 0 Å². The summed E-state index contributed by atoms with van der Waals surface area (Å²) in [4.78, 5) is 0. The van der Waals surface area contributed by atoms with Gasteiger partial charge in [0.25, 0.3) is 0 Å². The first-order chi connectivity index (χ1) is 8.11. The second-order valence-electron chi connectivity index (χ2n) is 3.05. The van der Waals surface area contributed by atoms with Gasteiger partial charge in [0.2, 0.25) is 0 Å². The summed E-state index contributed by atoms with van der Waals surface area (Å²) in [5.74, 6) is 0. The van der Waals surface area contributed by atoms with Gasteiger partial charge >= 0.3 is 6.72 Å². The van der Waals surface area contributed by atoms with Crippen molar-refractivity contribution in [2.45, 2.75) is 20.3 Å². The molecule has 0 radical (unpaired) electrons. The molecule has 0 aromatic rings. The van der Waals surface area contributed by atoms with Gasteiger partial charge in [-0.2, -0.15) is 0 Å². The van der Waals surface area contributed by atoms with Gasteiger partial charge in [-0.05, 0) is 19.9 Å². The van der Waals surface area contributed by atoms with Gasteiger partial charge in [-0.15, -0.1) is 0 Å². The van der Waals surface area contributed by atoms with Crippen molar-refractivity contribution in [3.8, 4) is 0 Å². The number of rotatable bonds is 6. The van der Waals surface area contributed by atoms with Crippen LogP contribution in [0.4, 0.5) is 0 Å². The molecule has 0 saturated heterocycles. The lowest BCUT2D eigenvalue weighted by Crippen LogP contribution is -2.03. The van der Waals surface area contributed by atoms with Crippen molar-refractivity contribution in [3.05, 3.63) is 23.3 Å². The van der Waals surface area contributed by atoms with Gasteiger partial charge in [0.05, 0.1) is 18.2 Å². The Morgan fingerprint density at radius 2 is 2.06 bits per heavy atom. The highest BCUT2D eigenvalue weighted by atomic mass is 35.5. The summed E-state index contributed by atoms with van der Waals surface area (Å²) in [6.45, 7) is 1.72. The topological polar surface area (TPSA) is 40.0 Å². The number of hydrogen-bond donors (Lipinski definition) is 0. The van der Waals surface area contributed by atoms with E-state index in [1.54, 1.807) is 6.08 Å². The third-order valence-electron chi connectivity index (χ3n) is 1.79. The van der Waals surface area contributed by atoms with Crippen LogP contribution in [0.3, 0.4) is 0 Å². The van der Waals surface area contributed by atoms with Gasteiger partial charge in [0.1, 0.15) is 5.71 Å². The van der Waals surface area contributed by atoms with Crippen LogP contribution in [0.1, 0.15) is 20.3 Å². The first-order valence-corrected chi connectivity index (χ1v) is 8.22. The smallest absolute Gasteiger partial charge is 0.313 e. The summed E-state index contributed by atoms with van der Waals surface area (Å²) >= 11 is 11.1. The van der Waals surface area contributed by atoms with Gasteiger partial charge in [0.15, 0.2) is 0 Å². The minimum absolute atomic E-state index is 0.422. The number of oxime groups is 1. The van der Waals surface area contributed by atoms with Gasteiger partial charge < -0.3 is 4.62 Å². The monoisotopic (exact) mass is 295 g/mol. The summed E-state index contributed by atoms with van der Waals surface area (Å²) < 4.78 is 15.8. The first kappa shape index (κ1) is 14.9. The van der Waals surface area contributed by atoms with Crippen LogP contribution in [0.25, 0.3) is 0 Å². The molecule has 96 valence electrons. The molecular weight excluding hydrogens is 281 g/mol. The van der Waals surface area contributed by atoms with E-state index in [4.69, 9.17) is 37.1 Å². The fourth-order valence-corrected chi connectivity index (χ4v) is 3.02. The molecule has 0 amide bonds. The maximum Gasteiger partial charge on any atom is 0.402 e. The molecule has 1 rings (SSSR count). The van der Waals surface area contributed by atoms with Crippen LogP contribution in [0.5, 0.6) is 0 Å². The minimum atomic E-state index is -2.78. The Hall–Kier alpha value is -0.190. The molecule has 0 atom stereocenters. The molecule has 4 nitrogen and oxygen atoms in total. The zero-order valence-electron chi connectivity index (χ0n) is 9.76. The number of halogens is 1. The summed E-state index contributed by atoms with van der Waals surface area (Å²) in [6, 6.07) is 0. The van der Waals surface area contributed by atoms with E-state index in [1.807, 2.05) is 26.0 Å². The van der Waals surface area contributed by atoms with Crippen LogP contribution in [0.15, 0.2) is 28.4 Å². The van der Waals surface area contributed by atoms with Gasteiger partial charge in [0, 0.05) is 18.2 Å². The molecule has 0 aromatic heterocycles. The Morgan fingerprint density at radius 1 is 1.41 bits per heavy atom. The van der Waals surface area contributed by atoms with E-state index in [1.165, 1.54) is 0 Å². The number of nitrogens with zero attached hydrogens (tertiary/aromatic N) is 1. The fourth-order valence-electron chi connectivity index (χ4n) is 1.11. The minimum Gasteiger partial charge on any atom is -0.313 e. The van der Waals surface area contributed by atoms with E-state index in [-0.39, 0.29) is 0 Å². The van der Waals surface area contributed by atoms with Gasteiger partial charge in [-0.3, -0.25) is 9.05 Å². The SMILES string of the molecule is CCOP(=S)(OCC)ON=C1CC=CC=C1Cl. The third-order valence-corrected chi connectivity index (χ3v) is 4.40. The van der Waals surface area contributed by atoms with Crippen molar-refractivity contribution in [1.82, 2.24) is 0 Å². The summed E-state index contributed by atoms with van der Waals surface area (Å²) in [5.41, 5.74) is 0.628. The molecule has 7 heteroatoms. The van der Waals surface area contributed by atoms with Crippen molar-refractivity contribution in [2.24, 2.45) is 5.16 Å². The van der Waals surface area contributed by atoms with E-state index >= 15 is 0 Å². The maximum absolute atomic E-state index is 5.96. The summed E-state index contributed by atoms with van der Waals surface area (Å²) in [7, 11) is 0. The molecule has 0 heterocycles. The third kappa shape index (κ3) is 4.90. The number of hydrogen-bond acceptors (Lipinski definition) is 5. The average Bonchev–Trinajstić information content (AvgIpc) is 2.29. The standard InChI is InChI=1S/C10H15ClNO3PS/c1-3-13-16(17,14-4-2)15-12-10-8-6-5-7-9(10)11/h5-7H,3-4,8H2,1-2H3. The fraction of sp³-hybridized carbons (Fsp3) is 0.500. The average molecular weight is 296 g/mol. The Balaban J connectivity index is 2.69. The van der Waals surface area contributed by atoms with E-state index < -0.39 is 6.72 Å². The van der Waals surface area contributed by atoms with Crippen molar-refractivity contribution in [3.63, 3.8) is 0 Å². The van der Waals surface area contributed by atoms with Crippen LogP contribution < -0.4 is 0 Å². The molecular formula is C10H15ClNO3PS. The predicted octanol–water partition coefficient (Wildman–Crippen LogP) is 3.74. The van der Waals surface area contributed by atoms with Crippen LogP contribution >= 0.6 is 18.3 Å². The van der Waals surface area contributed by atoms with E-state index in [9.17, 15) is 0 Å². The maximum atomic E-state index is 5.96. The lowest BCUT2D eigenvalue weighted by Gasteiger charge is -2.17. The van der Waals surface area contributed by atoms with E-state index in [2.05, 4.69) is 5.16 Å². The molecule has 1 aliphatic rings. The molecule has 0 aliphatic heterocycles. The Morgan fingerprint density at radius 3 is 2.59 bits per heavy atom. The van der Waals surface area contributed by atoms with Gasteiger partial charge in [-0.25, -0.2) is 0 Å². The zero-order chi connectivity index (χ0) is 12.7. The quantitative estimate of drug-likeness (QED) is 0.553. The van der Waals surface area contributed by atoms with Crippen molar-refractivity contribution in [2.75, 3.05) is 13.2 Å². The van der Waals surface area contributed by atoms with E-state index in [0.29, 0.717) is 30.4 Å². The van der Waals surface area contributed by atoms with Crippen molar-refractivity contribution < 1.29 is 13.7 Å². The first-order valence-electron chi connectivity index (χ1n) is 5.28. The molecule has 0 N–H and O–H groups in total. The Bertz CT molecular complexity index is 385. The van der Waals surface area contributed by atoms with Crippen LogP contribution in [-0.4, -0.2) is 18.9 Å². The lowest BCUT2D eigenvalue weighted by molar-refractivity contribution is 0.171.